The van der Waals surface area contributed by atoms with Gasteiger partial charge in [-0.3, -0.25) is 10.1 Å². The van der Waals surface area contributed by atoms with E-state index in [4.69, 9.17) is 9.47 Å². The normalized spacial score (nSPS) is 11.6. The van der Waals surface area contributed by atoms with Crippen molar-refractivity contribution in [3.8, 4) is 22.2 Å². The number of carbonyl (C=O) groups excluding carboxylic acids is 1. The van der Waals surface area contributed by atoms with E-state index in [1.165, 1.54) is 24.8 Å². The summed E-state index contributed by atoms with van der Waals surface area (Å²) in [6.07, 6.45) is 2.47. The van der Waals surface area contributed by atoms with Gasteiger partial charge in [0.05, 0.1) is 13.7 Å². The van der Waals surface area contributed by atoms with Crippen LogP contribution in [-0.4, -0.2) is 44.9 Å². The SMILES string of the molecule is COc1cc(C(=O)Nc2nnc(-c3ccncn3)s2)ccc1O[C@@H](CO)c1ccccc1. The minimum atomic E-state index is -0.564. The largest absolute Gasteiger partial charge is 0.493 e. The molecule has 0 saturated carbocycles. The predicted molar refractivity (Wildman–Crippen MR) is 119 cm³/mol. The molecule has 2 N–H and O–H groups in total. The van der Waals surface area contributed by atoms with Crippen LogP contribution in [0.3, 0.4) is 0 Å². The Labute approximate surface area is 187 Å². The molecule has 1 atom stereocenters. The molecule has 0 saturated heterocycles. The van der Waals surface area contributed by atoms with Gasteiger partial charge >= 0.3 is 0 Å². The summed E-state index contributed by atoms with van der Waals surface area (Å²) in [7, 11) is 1.49. The molecule has 4 aromatic rings. The van der Waals surface area contributed by atoms with Crippen LogP contribution in [0.1, 0.15) is 22.0 Å². The van der Waals surface area contributed by atoms with Crippen LogP contribution < -0.4 is 14.8 Å². The first-order chi connectivity index (χ1) is 15.7. The zero-order valence-corrected chi connectivity index (χ0v) is 17.8. The fourth-order valence-corrected chi connectivity index (χ4v) is 3.62. The Morgan fingerprint density at radius 1 is 1.12 bits per heavy atom. The fourth-order valence-electron chi connectivity index (χ4n) is 2.90. The fraction of sp³-hybridized carbons (Fsp3) is 0.136. The van der Waals surface area contributed by atoms with Gasteiger partial charge in [0.25, 0.3) is 5.91 Å². The highest BCUT2D eigenvalue weighted by Gasteiger charge is 2.18. The van der Waals surface area contributed by atoms with Crippen LogP contribution in [0.25, 0.3) is 10.7 Å². The number of nitrogens with one attached hydrogen (secondary N) is 1. The van der Waals surface area contributed by atoms with E-state index in [0.717, 1.165) is 5.56 Å². The summed E-state index contributed by atoms with van der Waals surface area (Å²) in [5.74, 6) is 0.405. The molecule has 0 aliphatic heterocycles. The minimum absolute atomic E-state index is 0.207. The zero-order chi connectivity index (χ0) is 22.3. The zero-order valence-electron chi connectivity index (χ0n) is 17.0. The number of hydrogen-bond acceptors (Lipinski definition) is 9. The standard InChI is InChI=1S/C22H19N5O4S/c1-30-18-11-15(7-8-17(18)31-19(12-28)14-5-3-2-4-6-14)20(29)25-22-27-26-21(32-22)16-9-10-23-13-24-16/h2-11,13,19,28H,12H2,1H3,(H,25,27,29)/t19-/m0/s1. The Hall–Kier alpha value is -3.89. The number of anilines is 1. The lowest BCUT2D eigenvalue weighted by Crippen LogP contribution is -2.14. The third kappa shape index (κ3) is 4.88. The van der Waals surface area contributed by atoms with E-state index < -0.39 is 6.10 Å². The van der Waals surface area contributed by atoms with Crippen molar-refractivity contribution in [3.63, 3.8) is 0 Å². The van der Waals surface area contributed by atoms with Crippen LogP contribution in [0.2, 0.25) is 0 Å². The number of amides is 1. The van der Waals surface area contributed by atoms with Gasteiger partial charge in [-0.15, -0.1) is 10.2 Å². The number of aromatic nitrogens is 4. The van der Waals surface area contributed by atoms with E-state index in [2.05, 4.69) is 25.5 Å². The van der Waals surface area contributed by atoms with Crippen molar-refractivity contribution in [2.75, 3.05) is 19.0 Å². The molecule has 0 spiro atoms. The van der Waals surface area contributed by atoms with E-state index in [9.17, 15) is 9.90 Å². The molecule has 4 rings (SSSR count). The van der Waals surface area contributed by atoms with E-state index in [1.807, 2.05) is 30.3 Å². The molecule has 0 aliphatic rings. The molecule has 0 aliphatic carbocycles. The number of methoxy groups -OCH3 is 1. The number of ether oxygens (including phenoxy) is 2. The minimum Gasteiger partial charge on any atom is -0.493 e. The summed E-state index contributed by atoms with van der Waals surface area (Å²) in [6.45, 7) is -0.207. The Morgan fingerprint density at radius 2 is 1.97 bits per heavy atom. The van der Waals surface area contributed by atoms with Crippen LogP contribution in [-0.2, 0) is 0 Å². The van der Waals surface area contributed by atoms with E-state index in [0.29, 0.717) is 32.9 Å². The summed E-state index contributed by atoms with van der Waals surface area (Å²) in [6, 6.07) is 15.9. The molecule has 0 unspecified atom stereocenters. The molecule has 0 bridgehead atoms. The highest BCUT2D eigenvalue weighted by molar-refractivity contribution is 7.18. The Balaban J connectivity index is 1.48. The molecule has 2 aromatic carbocycles. The van der Waals surface area contributed by atoms with Crippen LogP contribution in [0.15, 0.2) is 67.1 Å². The van der Waals surface area contributed by atoms with Crippen LogP contribution in [0, 0.1) is 0 Å². The van der Waals surface area contributed by atoms with Crippen LogP contribution in [0.5, 0.6) is 11.5 Å². The third-order valence-corrected chi connectivity index (χ3v) is 5.34. The van der Waals surface area contributed by atoms with E-state index in [1.54, 1.807) is 30.5 Å². The van der Waals surface area contributed by atoms with Gasteiger partial charge in [-0.25, -0.2) is 9.97 Å². The summed E-state index contributed by atoms with van der Waals surface area (Å²) in [5.41, 5.74) is 1.81. The van der Waals surface area contributed by atoms with Crippen molar-refractivity contribution >= 4 is 22.4 Å². The van der Waals surface area contributed by atoms with Gasteiger partial charge in [0.1, 0.15) is 18.1 Å². The lowest BCUT2D eigenvalue weighted by atomic mass is 10.1. The Morgan fingerprint density at radius 3 is 2.69 bits per heavy atom. The van der Waals surface area contributed by atoms with E-state index in [-0.39, 0.29) is 12.5 Å². The molecule has 2 heterocycles. The summed E-state index contributed by atoms with van der Waals surface area (Å²) in [4.78, 5) is 20.7. The number of carbonyl (C=O) groups is 1. The van der Waals surface area contributed by atoms with Gasteiger partial charge in [-0.05, 0) is 29.8 Å². The highest BCUT2D eigenvalue weighted by Crippen LogP contribution is 2.32. The lowest BCUT2D eigenvalue weighted by Gasteiger charge is -2.19. The summed E-state index contributed by atoms with van der Waals surface area (Å²) >= 11 is 1.20. The number of benzene rings is 2. The molecule has 2 aromatic heterocycles. The van der Waals surface area contributed by atoms with Gasteiger partial charge < -0.3 is 14.6 Å². The molecule has 0 fully saturated rings. The van der Waals surface area contributed by atoms with Crippen molar-refractivity contribution < 1.29 is 19.4 Å². The van der Waals surface area contributed by atoms with Crippen molar-refractivity contribution in [1.82, 2.24) is 20.2 Å². The van der Waals surface area contributed by atoms with Gasteiger partial charge in [0.15, 0.2) is 16.5 Å². The first kappa shape index (κ1) is 21.3. The monoisotopic (exact) mass is 449 g/mol. The second-order valence-corrected chi connectivity index (χ2v) is 7.50. The van der Waals surface area contributed by atoms with Crippen LogP contribution in [0.4, 0.5) is 5.13 Å². The van der Waals surface area contributed by atoms with E-state index >= 15 is 0 Å². The summed E-state index contributed by atoms with van der Waals surface area (Å²) in [5, 5.41) is 21.4. The second-order valence-electron chi connectivity index (χ2n) is 6.53. The number of aliphatic hydroxyl groups excluding tert-OH is 1. The molecule has 162 valence electrons. The van der Waals surface area contributed by atoms with Crippen molar-refractivity contribution in [2.45, 2.75) is 6.10 Å². The molecule has 10 heteroatoms. The van der Waals surface area contributed by atoms with Gasteiger partial charge in [0, 0.05) is 11.8 Å². The first-order valence-corrected chi connectivity index (χ1v) is 10.4. The molecule has 0 radical (unpaired) electrons. The molecular weight excluding hydrogens is 430 g/mol. The summed E-state index contributed by atoms with van der Waals surface area (Å²) < 4.78 is 11.3. The molecule has 32 heavy (non-hydrogen) atoms. The molecule has 1 amide bonds. The topological polar surface area (TPSA) is 119 Å². The smallest absolute Gasteiger partial charge is 0.257 e. The van der Waals surface area contributed by atoms with Crippen LogP contribution >= 0.6 is 11.3 Å². The average molecular weight is 449 g/mol. The third-order valence-electron chi connectivity index (χ3n) is 4.48. The van der Waals surface area contributed by atoms with Gasteiger partial charge in [-0.1, -0.05) is 41.7 Å². The Kier molecular flexibility index (Phi) is 6.63. The maximum Gasteiger partial charge on any atom is 0.257 e. The lowest BCUT2D eigenvalue weighted by molar-refractivity contribution is 0.102. The Bertz CT molecular complexity index is 1190. The number of aliphatic hydroxyl groups is 1. The maximum atomic E-state index is 12.7. The number of rotatable bonds is 8. The maximum absolute atomic E-state index is 12.7. The van der Waals surface area contributed by atoms with Gasteiger partial charge in [0.2, 0.25) is 5.13 Å². The molecular formula is C22H19N5O4S. The molecule has 9 nitrogen and oxygen atoms in total. The number of nitrogens with zero attached hydrogens (tertiary/aromatic N) is 4. The number of hydrogen-bond donors (Lipinski definition) is 2. The van der Waals surface area contributed by atoms with Crippen molar-refractivity contribution in [1.29, 1.82) is 0 Å². The van der Waals surface area contributed by atoms with Crippen molar-refractivity contribution in [2.24, 2.45) is 0 Å². The predicted octanol–water partition coefficient (Wildman–Crippen LogP) is 3.37. The quantitative estimate of drug-likeness (QED) is 0.420. The van der Waals surface area contributed by atoms with Gasteiger partial charge in [-0.2, -0.15) is 0 Å². The van der Waals surface area contributed by atoms with Crippen molar-refractivity contribution in [3.05, 3.63) is 78.2 Å². The average Bonchev–Trinajstić information content (AvgIpc) is 3.32. The first-order valence-electron chi connectivity index (χ1n) is 9.59. The highest BCUT2D eigenvalue weighted by atomic mass is 32.1. The second kappa shape index (κ2) is 9.94.